The number of anilines is 2. The molecule has 2 heterocycles. The molecule has 1 fully saturated rings. The molecule has 1 aliphatic rings. The van der Waals surface area contributed by atoms with Crippen molar-refractivity contribution in [3.8, 4) is 0 Å². The summed E-state index contributed by atoms with van der Waals surface area (Å²) in [4.78, 5) is 10.8. The SMILES string of the molecule is CCOC1CCCN(c2cc(C)nc(NN)n2)C1. The molecule has 6 heteroatoms. The van der Waals surface area contributed by atoms with Gasteiger partial charge in [-0.25, -0.2) is 10.8 Å². The number of aromatic nitrogens is 2. The van der Waals surface area contributed by atoms with Crippen LogP contribution in [0.5, 0.6) is 0 Å². The first kappa shape index (κ1) is 13.0. The number of nitrogens with one attached hydrogen (secondary N) is 1. The van der Waals surface area contributed by atoms with Crippen molar-refractivity contribution in [2.24, 2.45) is 5.84 Å². The number of hydrogen-bond donors (Lipinski definition) is 2. The summed E-state index contributed by atoms with van der Waals surface area (Å²) in [6.07, 6.45) is 2.54. The van der Waals surface area contributed by atoms with E-state index >= 15 is 0 Å². The summed E-state index contributed by atoms with van der Waals surface area (Å²) in [6, 6.07) is 1.98. The number of aryl methyl sites for hydroxylation is 1. The molecule has 0 radical (unpaired) electrons. The van der Waals surface area contributed by atoms with Gasteiger partial charge in [-0.2, -0.15) is 4.98 Å². The molecule has 1 aromatic heterocycles. The molecule has 2 rings (SSSR count). The maximum atomic E-state index is 5.70. The molecule has 0 amide bonds. The Bertz CT molecular complexity index is 396. The largest absolute Gasteiger partial charge is 0.377 e. The molecule has 0 spiro atoms. The third kappa shape index (κ3) is 3.08. The van der Waals surface area contributed by atoms with E-state index in [0.717, 1.165) is 44.0 Å². The lowest BCUT2D eigenvalue weighted by molar-refractivity contribution is 0.0525. The lowest BCUT2D eigenvalue weighted by atomic mass is 10.1. The van der Waals surface area contributed by atoms with Crippen LogP contribution in [0.3, 0.4) is 0 Å². The van der Waals surface area contributed by atoms with Crippen LogP contribution in [0.2, 0.25) is 0 Å². The smallest absolute Gasteiger partial charge is 0.239 e. The minimum atomic E-state index is 0.299. The van der Waals surface area contributed by atoms with Gasteiger partial charge in [0.2, 0.25) is 5.95 Å². The van der Waals surface area contributed by atoms with Crippen LogP contribution in [-0.2, 0) is 4.74 Å². The number of hydrazine groups is 1. The highest BCUT2D eigenvalue weighted by atomic mass is 16.5. The number of nitrogens with two attached hydrogens (primary N) is 1. The molecule has 1 atom stereocenters. The number of ether oxygens (including phenoxy) is 1. The fourth-order valence-corrected chi connectivity index (χ4v) is 2.30. The van der Waals surface area contributed by atoms with Gasteiger partial charge in [0, 0.05) is 31.5 Å². The molecule has 1 saturated heterocycles. The van der Waals surface area contributed by atoms with Crippen LogP contribution in [0.25, 0.3) is 0 Å². The molecule has 1 aliphatic heterocycles. The van der Waals surface area contributed by atoms with Gasteiger partial charge in [0.1, 0.15) is 5.82 Å². The van der Waals surface area contributed by atoms with E-state index < -0.39 is 0 Å². The van der Waals surface area contributed by atoms with E-state index in [9.17, 15) is 0 Å². The fourth-order valence-electron chi connectivity index (χ4n) is 2.30. The second-order valence-electron chi connectivity index (χ2n) is 4.50. The molecule has 100 valence electrons. The van der Waals surface area contributed by atoms with E-state index in [2.05, 4.69) is 20.3 Å². The van der Waals surface area contributed by atoms with Crippen molar-refractivity contribution < 1.29 is 4.74 Å². The second-order valence-corrected chi connectivity index (χ2v) is 4.50. The average molecular weight is 251 g/mol. The normalized spacial score (nSPS) is 19.9. The van der Waals surface area contributed by atoms with Crippen molar-refractivity contribution in [2.75, 3.05) is 30.0 Å². The van der Waals surface area contributed by atoms with Crippen molar-refractivity contribution >= 4 is 11.8 Å². The average Bonchev–Trinajstić information content (AvgIpc) is 2.39. The number of rotatable bonds is 4. The highest BCUT2D eigenvalue weighted by Gasteiger charge is 2.21. The number of nitrogens with zero attached hydrogens (tertiary/aromatic N) is 3. The highest BCUT2D eigenvalue weighted by Crippen LogP contribution is 2.21. The number of hydrogen-bond acceptors (Lipinski definition) is 6. The van der Waals surface area contributed by atoms with E-state index in [4.69, 9.17) is 10.6 Å². The zero-order valence-corrected chi connectivity index (χ0v) is 11.0. The van der Waals surface area contributed by atoms with Crippen LogP contribution in [-0.4, -0.2) is 35.8 Å². The molecule has 6 nitrogen and oxygen atoms in total. The van der Waals surface area contributed by atoms with E-state index in [1.807, 2.05) is 19.9 Å². The summed E-state index contributed by atoms with van der Waals surface area (Å²) in [6.45, 7) is 6.62. The predicted molar refractivity (Wildman–Crippen MR) is 71.4 cm³/mol. The zero-order chi connectivity index (χ0) is 13.0. The molecule has 0 aromatic carbocycles. The molecular formula is C12H21N5O. The molecule has 1 unspecified atom stereocenters. The van der Waals surface area contributed by atoms with Gasteiger partial charge >= 0.3 is 0 Å². The number of nitrogen functional groups attached to an aromatic ring is 1. The Hall–Kier alpha value is -1.40. The third-order valence-corrected chi connectivity index (χ3v) is 3.07. The van der Waals surface area contributed by atoms with Crippen molar-refractivity contribution in [3.05, 3.63) is 11.8 Å². The zero-order valence-electron chi connectivity index (χ0n) is 11.0. The summed E-state index contributed by atoms with van der Waals surface area (Å²) in [5.74, 6) is 6.75. The first-order valence-electron chi connectivity index (χ1n) is 6.41. The lowest BCUT2D eigenvalue weighted by Crippen LogP contribution is -2.40. The molecule has 0 aliphatic carbocycles. The van der Waals surface area contributed by atoms with Gasteiger partial charge in [-0.15, -0.1) is 0 Å². The summed E-state index contributed by atoms with van der Waals surface area (Å²) >= 11 is 0. The minimum Gasteiger partial charge on any atom is -0.377 e. The Balaban J connectivity index is 2.12. The summed E-state index contributed by atoms with van der Waals surface area (Å²) in [5.41, 5.74) is 3.41. The first-order chi connectivity index (χ1) is 8.72. The molecule has 1 aromatic rings. The monoisotopic (exact) mass is 251 g/mol. The van der Waals surface area contributed by atoms with Gasteiger partial charge in [-0.05, 0) is 26.7 Å². The maximum absolute atomic E-state index is 5.70. The van der Waals surface area contributed by atoms with Crippen LogP contribution < -0.4 is 16.2 Å². The van der Waals surface area contributed by atoms with Gasteiger partial charge in [-0.1, -0.05) is 0 Å². The quantitative estimate of drug-likeness (QED) is 0.616. The molecule has 0 saturated carbocycles. The highest BCUT2D eigenvalue weighted by molar-refractivity contribution is 5.44. The van der Waals surface area contributed by atoms with Crippen LogP contribution in [0.4, 0.5) is 11.8 Å². The van der Waals surface area contributed by atoms with Gasteiger partial charge in [0.05, 0.1) is 6.10 Å². The van der Waals surface area contributed by atoms with Crippen LogP contribution >= 0.6 is 0 Å². The first-order valence-corrected chi connectivity index (χ1v) is 6.41. The van der Waals surface area contributed by atoms with Gasteiger partial charge < -0.3 is 9.64 Å². The van der Waals surface area contributed by atoms with Crippen LogP contribution in [0.1, 0.15) is 25.5 Å². The van der Waals surface area contributed by atoms with Crippen molar-refractivity contribution in [1.82, 2.24) is 9.97 Å². The van der Waals surface area contributed by atoms with E-state index in [-0.39, 0.29) is 0 Å². The molecular weight excluding hydrogens is 230 g/mol. The van der Waals surface area contributed by atoms with Crippen molar-refractivity contribution in [2.45, 2.75) is 32.8 Å². The number of piperidine rings is 1. The predicted octanol–water partition coefficient (Wildman–Crippen LogP) is 1.08. The third-order valence-electron chi connectivity index (χ3n) is 3.07. The van der Waals surface area contributed by atoms with Gasteiger partial charge in [0.25, 0.3) is 0 Å². The Morgan fingerprint density at radius 1 is 1.56 bits per heavy atom. The van der Waals surface area contributed by atoms with E-state index in [1.165, 1.54) is 0 Å². The van der Waals surface area contributed by atoms with E-state index in [0.29, 0.717) is 12.1 Å². The standard InChI is InChI=1S/C12H21N5O/c1-3-18-10-5-4-6-17(8-10)11-7-9(2)14-12(15-11)16-13/h7,10H,3-6,8,13H2,1-2H3,(H,14,15,16). The fraction of sp³-hybridized carbons (Fsp3) is 0.667. The van der Waals surface area contributed by atoms with Crippen molar-refractivity contribution in [1.29, 1.82) is 0 Å². The Morgan fingerprint density at radius 3 is 3.11 bits per heavy atom. The summed E-state index contributed by atoms with van der Waals surface area (Å²) in [7, 11) is 0. The summed E-state index contributed by atoms with van der Waals surface area (Å²) in [5, 5.41) is 0. The summed E-state index contributed by atoms with van der Waals surface area (Å²) < 4.78 is 5.70. The maximum Gasteiger partial charge on any atom is 0.239 e. The van der Waals surface area contributed by atoms with Gasteiger partial charge in [0.15, 0.2) is 0 Å². The second kappa shape index (κ2) is 5.97. The van der Waals surface area contributed by atoms with Crippen LogP contribution in [0.15, 0.2) is 6.07 Å². The van der Waals surface area contributed by atoms with Crippen LogP contribution in [0, 0.1) is 6.92 Å². The minimum absolute atomic E-state index is 0.299. The van der Waals surface area contributed by atoms with Crippen molar-refractivity contribution in [3.63, 3.8) is 0 Å². The molecule has 18 heavy (non-hydrogen) atoms. The Labute approximate surface area is 108 Å². The Morgan fingerprint density at radius 2 is 2.39 bits per heavy atom. The Kier molecular flexibility index (Phi) is 4.33. The molecule has 0 bridgehead atoms. The molecule has 3 N–H and O–H groups in total. The van der Waals surface area contributed by atoms with E-state index in [1.54, 1.807) is 0 Å². The van der Waals surface area contributed by atoms with Gasteiger partial charge in [-0.3, -0.25) is 5.43 Å². The topological polar surface area (TPSA) is 76.3 Å². The lowest BCUT2D eigenvalue weighted by Gasteiger charge is -2.33.